The quantitative estimate of drug-likeness (QED) is 0.723. The second kappa shape index (κ2) is 5.85. The summed E-state index contributed by atoms with van der Waals surface area (Å²) in [5.74, 6) is -1.02. The lowest BCUT2D eigenvalue weighted by molar-refractivity contribution is -0.142. The second-order valence-corrected chi connectivity index (χ2v) is 2.96. The topological polar surface area (TPSA) is 92.0 Å². The van der Waals surface area contributed by atoms with Crippen molar-refractivity contribution < 1.29 is 9.90 Å². The van der Waals surface area contributed by atoms with Crippen molar-refractivity contribution in [3.05, 3.63) is 18.2 Å². The number of nitrogens with zero attached hydrogens (tertiary/aromatic N) is 1. The van der Waals surface area contributed by atoms with Crippen LogP contribution in [-0.4, -0.2) is 26.6 Å². The minimum absolute atomic E-state index is 0. The van der Waals surface area contributed by atoms with E-state index in [4.69, 9.17) is 10.8 Å². The number of nitrogens with one attached hydrogen (secondary N) is 1. The second-order valence-electron chi connectivity index (χ2n) is 2.96. The molecule has 1 aromatic heterocycles. The van der Waals surface area contributed by atoms with Crippen LogP contribution in [0, 0.1) is 0 Å². The molecule has 0 aliphatic rings. The predicted molar refractivity (Wildman–Crippen MR) is 57.0 cm³/mol. The lowest BCUT2D eigenvalue weighted by atomic mass is 9.98. The van der Waals surface area contributed by atoms with Gasteiger partial charge >= 0.3 is 5.97 Å². The fourth-order valence-electron chi connectivity index (χ4n) is 0.839. The summed E-state index contributed by atoms with van der Waals surface area (Å²) in [6.07, 6.45) is 3.35. The average molecular weight is 242 g/mol. The van der Waals surface area contributed by atoms with Crippen LogP contribution in [0.5, 0.6) is 0 Å². The number of carboxylic acid groups (broad SMARTS) is 1. The molecule has 0 saturated heterocycles. The van der Waals surface area contributed by atoms with Crippen LogP contribution in [0.25, 0.3) is 0 Å². The first-order chi connectivity index (χ1) is 5.52. The van der Waals surface area contributed by atoms with Gasteiger partial charge in [0, 0.05) is 12.6 Å². The summed E-state index contributed by atoms with van der Waals surface area (Å²) in [5.41, 5.74) is 4.91. The molecule has 7 heteroatoms. The van der Waals surface area contributed by atoms with Gasteiger partial charge in [-0.15, -0.1) is 24.8 Å². The molecule has 1 heterocycles. The van der Waals surface area contributed by atoms with Gasteiger partial charge in [0.1, 0.15) is 5.54 Å². The zero-order valence-corrected chi connectivity index (χ0v) is 9.19. The average Bonchev–Trinajstić information content (AvgIpc) is 2.38. The van der Waals surface area contributed by atoms with Gasteiger partial charge in [-0.25, -0.2) is 4.98 Å². The van der Waals surface area contributed by atoms with Crippen molar-refractivity contribution >= 4 is 30.8 Å². The summed E-state index contributed by atoms with van der Waals surface area (Å²) in [5, 5.41) is 8.68. The first-order valence-electron chi connectivity index (χ1n) is 3.52. The first-order valence-corrected chi connectivity index (χ1v) is 3.52. The molecule has 1 rings (SSSR count). The van der Waals surface area contributed by atoms with Crippen molar-refractivity contribution in [1.29, 1.82) is 0 Å². The van der Waals surface area contributed by atoms with Crippen molar-refractivity contribution in [2.75, 3.05) is 0 Å². The van der Waals surface area contributed by atoms with E-state index >= 15 is 0 Å². The van der Waals surface area contributed by atoms with E-state index in [1.54, 1.807) is 6.20 Å². The Kier molecular flexibility index (Phi) is 6.55. The fraction of sp³-hybridized carbons (Fsp3) is 0.429. The first kappa shape index (κ1) is 15.7. The smallest absolute Gasteiger partial charge is 0.323 e. The molecule has 0 aromatic carbocycles. The van der Waals surface area contributed by atoms with Crippen LogP contribution < -0.4 is 5.73 Å². The van der Waals surface area contributed by atoms with Gasteiger partial charge in [0.25, 0.3) is 0 Å². The van der Waals surface area contributed by atoms with Gasteiger partial charge in [-0.05, 0) is 6.92 Å². The number of nitrogens with two attached hydrogens (primary N) is 1. The maximum atomic E-state index is 10.6. The van der Waals surface area contributed by atoms with Crippen LogP contribution in [0.3, 0.4) is 0 Å². The minimum atomic E-state index is -1.24. The number of halogens is 2. The standard InChI is InChI=1S/C7H11N3O2.2ClH/c1-7(8,6(11)12)2-5-3-9-4-10-5;;/h3-4H,2,8H2,1H3,(H,9,10)(H,11,12);2*1H/t7-;;/m0../s1. The van der Waals surface area contributed by atoms with Gasteiger partial charge in [0.2, 0.25) is 0 Å². The number of hydrogen-bond acceptors (Lipinski definition) is 3. The van der Waals surface area contributed by atoms with Gasteiger partial charge in [0.05, 0.1) is 12.0 Å². The Morgan fingerprint density at radius 1 is 1.71 bits per heavy atom. The van der Waals surface area contributed by atoms with Crippen molar-refractivity contribution in [3.63, 3.8) is 0 Å². The molecule has 0 bridgehead atoms. The summed E-state index contributed by atoms with van der Waals surface area (Å²) in [7, 11) is 0. The Hall–Kier alpha value is -0.780. The number of aromatic nitrogens is 2. The Bertz CT molecular complexity index is 274. The minimum Gasteiger partial charge on any atom is -0.480 e. The molecule has 14 heavy (non-hydrogen) atoms. The van der Waals surface area contributed by atoms with Gasteiger partial charge in [0.15, 0.2) is 0 Å². The van der Waals surface area contributed by atoms with E-state index < -0.39 is 11.5 Å². The summed E-state index contributed by atoms with van der Waals surface area (Å²) in [6.45, 7) is 1.46. The number of hydrogen-bond donors (Lipinski definition) is 3. The zero-order valence-electron chi connectivity index (χ0n) is 7.56. The molecule has 0 unspecified atom stereocenters. The van der Waals surface area contributed by atoms with E-state index in [2.05, 4.69) is 9.97 Å². The van der Waals surface area contributed by atoms with E-state index in [-0.39, 0.29) is 31.2 Å². The highest BCUT2D eigenvalue weighted by Crippen LogP contribution is 2.07. The third kappa shape index (κ3) is 3.95. The third-order valence-electron chi connectivity index (χ3n) is 1.59. The van der Waals surface area contributed by atoms with Crippen LogP contribution in [0.4, 0.5) is 0 Å². The highest BCUT2D eigenvalue weighted by atomic mass is 35.5. The van der Waals surface area contributed by atoms with Gasteiger partial charge < -0.3 is 15.8 Å². The molecule has 0 spiro atoms. The van der Waals surface area contributed by atoms with Crippen LogP contribution >= 0.6 is 24.8 Å². The number of carbonyl (C=O) groups is 1. The van der Waals surface area contributed by atoms with E-state index in [1.165, 1.54) is 13.3 Å². The van der Waals surface area contributed by atoms with Gasteiger partial charge in [-0.1, -0.05) is 0 Å². The van der Waals surface area contributed by atoms with Gasteiger partial charge in [-0.3, -0.25) is 4.79 Å². The van der Waals surface area contributed by atoms with E-state index in [1.807, 2.05) is 0 Å². The van der Waals surface area contributed by atoms with Crippen molar-refractivity contribution in [3.8, 4) is 0 Å². The Morgan fingerprint density at radius 2 is 2.29 bits per heavy atom. The summed E-state index contributed by atoms with van der Waals surface area (Å²) in [4.78, 5) is 17.2. The molecule has 0 fully saturated rings. The predicted octanol–water partition coefficient (Wildman–Crippen LogP) is 0.598. The monoisotopic (exact) mass is 241 g/mol. The molecule has 0 aliphatic heterocycles. The van der Waals surface area contributed by atoms with Crippen LogP contribution in [-0.2, 0) is 11.2 Å². The molecule has 82 valence electrons. The fourth-order valence-corrected chi connectivity index (χ4v) is 0.839. The molecule has 0 amide bonds. The van der Waals surface area contributed by atoms with Crippen LogP contribution in [0.1, 0.15) is 12.6 Å². The number of aliphatic carboxylic acids is 1. The van der Waals surface area contributed by atoms with Crippen LogP contribution in [0.2, 0.25) is 0 Å². The Morgan fingerprint density at radius 3 is 2.64 bits per heavy atom. The third-order valence-corrected chi connectivity index (χ3v) is 1.59. The maximum absolute atomic E-state index is 10.6. The summed E-state index contributed by atoms with van der Waals surface area (Å²) in [6, 6.07) is 0. The molecule has 0 radical (unpaired) electrons. The number of H-pyrrole nitrogens is 1. The van der Waals surface area contributed by atoms with E-state index in [9.17, 15) is 4.79 Å². The number of carboxylic acids is 1. The Labute approximate surface area is 93.9 Å². The maximum Gasteiger partial charge on any atom is 0.323 e. The van der Waals surface area contributed by atoms with Crippen molar-refractivity contribution in [2.24, 2.45) is 5.73 Å². The van der Waals surface area contributed by atoms with E-state index in [0.29, 0.717) is 5.69 Å². The van der Waals surface area contributed by atoms with Crippen LogP contribution in [0.15, 0.2) is 12.5 Å². The van der Waals surface area contributed by atoms with E-state index in [0.717, 1.165) is 0 Å². The SMILES string of the molecule is C[C@](N)(Cc1c[nH]cn1)C(=O)O.Cl.Cl. The largest absolute Gasteiger partial charge is 0.480 e. The zero-order chi connectivity index (χ0) is 9.19. The lowest BCUT2D eigenvalue weighted by Gasteiger charge is -2.16. The lowest BCUT2D eigenvalue weighted by Crippen LogP contribution is -2.46. The molecule has 0 saturated carbocycles. The van der Waals surface area contributed by atoms with Crippen molar-refractivity contribution in [1.82, 2.24) is 9.97 Å². The molecule has 4 N–H and O–H groups in total. The number of aromatic amines is 1. The summed E-state index contributed by atoms with van der Waals surface area (Å²) < 4.78 is 0. The summed E-state index contributed by atoms with van der Waals surface area (Å²) >= 11 is 0. The molecular weight excluding hydrogens is 229 g/mol. The van der Waals surface area contributed by atoms with Crippen molar-refractivity contribution in [2.45, 2.75) is 18.9 Å². The highest BCUT2D eigenvalue weighted by molar-refractivity contribution is 5.85. The molecule has 1 atom stereocenters. The highest BCUT2D eigenvalue weighted by Gasteiger charge is 2.28. The molecule has 0 aliphatic carbocycles. The van der Waals surface area contributed by atoms with Gasteiger partial charge in [-0.2, -0.15) is 0 Å². The molecular formula is C7H13Cl2N3O2. The normalized spacial score (nSPS) is 13.3. The number of rotatable bonds is 3. The number of imidazole rings is 1. The Balaban J connectivity index is 0. The molecule has 1 aromatic rings. The molecule has 5 nitrogen and oxygen atoms in total.